The van der Waals surface area contributed by atoms with Crippen molar-refractivity contribution in [2.45, 2.75) is 13.0 Å². The number of phenolic OH excluding ortho intramolecular Hbond substituents is 1. The summed E-state index contributed by atoms with van der Waals surface area (Å²) in [4.78, 5) is 37.6. The number of rotatable bonds is 6. The molecule has 0 fully saturated rings. The maximum Gasteiger partial charge on any atom is 0.257 e. The van der Waals surface area contributed by atoms with E-state index in [2.05, 4.69) is 10.6 Å². The first-order valence-electron chi connectivity index (χ1n) is 8.86. The second-order valence-corrected chi connectivity index (χ2v) is 6.86. The van der Waals surface area contributed by atoms with Gasteiger partial charge in [-0.3, -0.25) is 14.4 Å². The SMILES string of the molecule is C[C@@H](Nc1c(Nc2cccc(C(=O)N(C)C)c2O)c(=O)c1=O)c1cccc(F)c1. The molecule has 150 valence electrons. The maximum atomic E-state index is 13.4. The third-order valence-electron chi connectivity index (χ3n) is 4.55. The lowest BCUT2D eigenvalue weighted by Crippen LogP contribution is -2.37. The molecule has 0 saturated heterocycles. The van der Waals surface area contributed by atoms with E-state index in [1.165, 1.54) is 29.2 Å². The van der Waals surface area contributed by atoms with Crippen molar-refractivity contribution >= 4 is 23.0 Å². The van der Waals surface area contributed by atoms with E-state index in [1.807, 2.05) is 0 Å². The molecule has 0 radical (unpaired) electrons. The van der Waals surface area contributed by atoms with Gasteiger partial charge in [-0.15, -0.1) is 0 Å². The molecule has 0 unspecified atom stereocenters. The molecule has 0 bridgehead atoms. The molecule has 0 aliphatic carbocycles. The molecular weight excluding hydrogens is 377 g/mol. The summed E-state index contributed by atoms with van der Waals surface area (Å²) >= 11 is 0. The Labute approximate surface area is 166 Å². The minimum absolute atomic E-state index is 0.0250. The number of hydrogen-bond acceptors (Lipinski definition) is 6. The van der Waals surface area contributed by atoms with Crippen molar-refractivity contribution in [3.63, 3.8) is 0 Å². The number of carbonyl (C=O) groups excluding carboxylic acids is 1. The zero-order valence-corrected chi connectivity index (χ0v) is 16.1. The van der Waals surface area contributed by atoms with E-state index < -0.39 is 28.6 Å². The Balaban J connectivity index is 1.88. The highest BCUT2D eigenvalue weighted by molar-refractivity contribution is 5.99. The normalized spacial score (nSPS) is 11.9. The van der Waals surface area contributed by atoms with Crippen molar-refractivity contribution in [2.24, 2.45) is 0 Å². The number of carbonyl (C=O) groups is 1. The van der Waals surface area contributed by atoms with Crippen LogP contribution in [-0.4, -0.2) is 30.0 Å². The van der Waals surface area contributed by atoms with Crippen LogP contribution >= 0.6 is 0 Å². The molecule has 1 amide bonds. The topological polar surface area (TPSA) is 98.7 Å². The lowest BCUT2D eigenvalue weighted by molar-refractivity contribution is 0.0824. The van der Waals surface area contributed by atoms with Gasteiger partial charge in [-0.25, -0.2) is 4.39 Å². The average molecular weight is 397 g/mol. The Morgan fingerprint density at radius 3 is 2.38 bits per heavy atom. The van der Waals surface area contributed by atoms with Crippen LogP contribution in [0.3, 0.4) is 0 Å². The van der Waals surface area contributed by atoms with Crippen molar-refractivity contribution in [3.8, 4) is 5.75 Å². The summed E-state index contributed by atoms with van der Waals surface area (Å²) in [6.45, 7) is 1.73. The molecule has 0 aliphatic rings. The maximum absolute atomic E-state index is 13.4. The molecule has 7 nitrogen and oxygen atoms in total. The summed E-state index contributed by atoms with van der Waals surface area (Å²) in [5.74, 6) is -1.15. The fourth-order valence-electron chi connectivity index (χ4n) is 2.92. The quantitative estimate of drug-likeness (QED) is 0.437. The van der Waals surface area contributed by atoms with Gasteiger partial charge in [-0.05, 0) is 36.8 Å². The van der Waals surface area contributed by atoms with Gasteiger partial charge in [0.25, 0.3) is 16.8 Å². The van der Waals surface area contributed by atoms with Gasteiger partial charge in [-0.1, -0.05) is 18.2 Å². The summed E-state index contributed by atoms with van der Waals surface area (Å²) in [5.41, 5.74) is -0.671. The lowest BCUT2D eigenvalue weighted by atomic mass is 10.1. The Hall–Kier alpha value is -3.68. The Kier molecular flexibility index (Phi) is 5.36. The van der Waals surface area contributed by atoms with Crippen LogP contribution in [0, 0.1) is 5.82 Å². The number of para-hydroxylation sites is 1. The molecule has 1 atom stereocenters. The van der Waals surface area contributed by atoms with Crippen molar-refractivity contribution in [1.82, 2.24) is 4.90 Å². The molecule has 29 heavy (non-hydrogen) atoms. The number of phenols is 1. The number of hydrogen-bond donors (Lipinski definition) is 3. The van der Waals surface area contributed by atoms with Gasteiger partial charge in [-0.2, -0.15) is 0 Å². The molecular formula is C21H20FN3O4. The fourth-order valence-corrected chi connectivity index (χ4v) is 2.92. The van der Waals surface area contributed by atoms with Crippen LogP contribution in [0.4, 0.5) is 21.5 Å². The van der Waals surface area contributed by atoms with Crippen LogP contribution in [0.1, 0.15) is 28.9 Å². The Bertz CT molecular complexity index is 1150. The summed E-state index contributed by atoms with van der Waals surface area (Å²) in [6, 6.07) is 9.94. The zero-order valence-electron chi connectivity index (χ0n) is 16.1. The van der Waals surface area contributed by atoms with E-state index in [1.54, 1.807) is 39.2 Å². The van der Waals surface area contributed by atoms with Crippen molar-refractivity contribution in [3.05, 3.63) is 79.9 Å². The summed E-state index contributed by atoms with van der Waals surface area (Å²) < 4.78 is 13.4. The Morgan fingerprint density at radius 1 is 1.07 bits per heavy atom. The largest absolute Gasteiger partial charge is 0.505 e. The van der Waals surface area contributed by atoms with Crippen LogP contribution < -0.4 is 21.5 Å². The van der Waals surface area contributed by atoms with E-state index in [-0.39, 0.29) is 28.4 Å². The average Bonchev–Trinajstić information content (AvgIpc) is 2.70. The van der Waals surface area contributed by atoms with Crippen LogP contribution in [-0.2, 0) is 0 Å². The van der Waals surface area contributed by atoms with Crippen LogP contribution in [0.25, 0.3) is 0 Å². The second kappa shape index (κ2) is 7.75. The molecule has 3 N–H and O–H groups in total. The first kappa shape index (κ1) is 20.1. The molecule has 0 aromatic heterocycles. The number of benzene rings is 2. The smallest absolute Gasteiger partial charge is 0.257 e. The summed E-state index contributed by atoms with van der Waals surface area (Å²) in [7, 11) is 3.10. The molecule has 3 aromatic carbocycles. The zero-order chi connectivity index (χ0) is 21.3. The fraction of sp³-hybridized carbons (Fsp3) is 0.190. The predicted octanol–water partition coefficient (Wildman–Crippen LogP) is 2.75. The van der Waals surface area contributed by atoms with Gasteiger partial charge in [0.2, 0.25) is 0 Å². The summed E-state index contributed by atoms with van der Waals surface area (Å²) in [6.07, 6.45) is 0. The van der Waals surface area contributed by atoms with Crippen LogP contribution in [0.2, 0.25) is 0 Å². The number of nitrogens with one attached hydrogen (secondary N) is 2. The molecule has 3 aromatic rings. The van der Waals surface area contributed by atoms with Crippen LogP contribution in [0.5, 0.6) is 5.75 Å². The van der Waals surface area contributed by atoms with Gasteiger partial charge in [0, 0.05) is 20.1 Å². The van der Waals surface area contributed by atoms with Gasteiger partial charge in [0.15, 0.2) is 5.75 Å². The number of anilines is 3. The molecule has 0 heterocycles. The lowest BCUT2D eigenvalue weighted by Gasteiger charge is -2.21. The number of halogens is 1. The molecule has 0 aliphatic heterocycles. The van der Waals surface area contributed by atoms with Crippen LogP contribution in [0.15, 0.2) is 52.1 Å². The molecule has 8 heteroatoms. The highest BCUT2D eigenvalue weighted by Gasteiger charge is 2.25. The first-order valence-corrected chi connectivity index (χ1v) is 8.86. The minimum atomic E-state index is -0.748. The number of aromatic hydroxyl groups is 1. The van der Waals surface area contributed by atoms with Gasteiger partial charge in [0.1, 0.15) is 17.2 Å². The van der Waals surface area contributed by atoms with Gasteiger partial charge >= 0.3 is 0 Å². The van der Waals surface area contributed by atoms with E-state index >= 15 is 0 Å². The first-order chi connectivity index (χ1) is 13.7. The van der Waals surface area contributed by atoms with Gasteiger partial charge < -0.3 is 20.6 Å². The minimum Gasteiger partial charge on any atom is -0.505 e. The monoisotopic (exact) mass is 397 g/mol. The van der Waals surface area contributed by atoms with E-state index in [0.717, 1.165) is 0 Å². The predicted molar refractivity (Wildman–Crippen MR) is 109 cm³/mol. The van der Waals surface area contributed by atoms with Crippen molar-refractivity contribution in [2.75, 3.05) is 24.7 Å². The van der Waals surface area contributed by atoms with Crippen molar-refractivity contribution < 1.29 is 14.3 Å². The van der Waals surface area contributed by atoms with E-state index in [4.69, 9.17) is 0 Å². The molecule has 0 spiro atoms. The third kappa shape index (κ3) is 3.82. The summed E-state index contributed by atoms with van der Waals surface area (Å²) in [5, 5.41) is 16.1. The Morgan fingerprint density at radius 2 is 1.72 bits per heavy atom. The van der Waals surface area contributed by atoms with E-state index in [9.17, 15) is 23.9 Å². The standard InChI is InChI=1S/C21H20FN3O4/c1-11(12-6-4-7-13(22)10-12)23-16-17(20(28)19(16)27)24-15-9-5-8-14(18(15)26)21(29)25(2)3/h4-11,23-24,26H,1-3H3/t11-/m1/s1. The number of amides is 1. The molecule has 0 saturated carbocycles. The third-order valence-corrected chi connectivity index (χ3v) is 4.55. The van der Waals surface area contributed by atoms with E-state index in [0.29, 0.717) is 5.56 Å². The highest BCUT2D eigenvalue weighted by Crippen LogP contribution is 2.32. The second-order valence-electron chi connectivity index (χ2n) is 6.86. The highest BCUT2D eigenvalue weighted by atomic mass is 19.1. The number of nitrogens with zero attached hydrogens (tertiary/aromatic N) is 1. The molecule has 3 rings (SSSR count). The van der Waals surface area contributed by atoms with Crippen molar-refractivity contribution in [1.29, 1.82) is 0 Å². The van der Waals surface area contributed by atoms with Gasteiger partial charge in [0.05, 0.1) is 11.3 Å².